The van der Waals surface area contributed by atoms with Gasteiger partial charge in [0.2, 0.25) is 0 Å². The molecule has 1 saturated carbocycles. The number of rotatable bonds is 4. The Balaban J connectivity index is 1.93. The molecule has 2 N–H and O–H groups in total. The maximum Gasteiger partial charge on any atom is 0.295 e. The maximum atomic E-state index is 13.2. The predicted octanol–water partition coefficient (Wildman–Crippen LogP) is 5.46. The number of amides is 1. The first-order valence-electron chi connectivity index (χ1n) is 10.5. The first-order chi connectivity index (χ1) is 15.3. The van der Waals surface area contributed by atoms with Crippen LogP contribution < -0.4 is 4.74 Å². The molecule has 1 saturated heterocycles. The highest BCUT2D eigenvalue weighted by molar-refractivity contribution is 6.47. The molecule has 2 aromatic carbocycles. The van der Waals surface area contributed by atoms with Crippen LogP contribution >= 0.6 is 23.2 Å². The number of ether oxygens (including phenoxy) is 1. The molecule has 4 rings (SSSR count). The van der Waals surface area contributed by atoms with Crippen LogP contribution in [-0.2, 0) is 9.59 Å². The Morgan fingerprint density at radius 3 is 2.34 bits per heavy atom. The molecule has 2 aromatic rings. The number of methoxy groups -OCH3 is 1. The Hall–Kier alpha value is -2.70. The van der Waals surface area contributed by atoms with Crippen LogP contribution in [-0.4, -0.2) is 40.0 Å². The van der Waals surface area contributed by atoms with Crippen LogP contribution in [0.5, 0.6) is 11.5 Å². The number of aromatic hydroxyl groups is 1. The lowest BCUT2D eigenvalue weighted by molar-refractivity contribution is -0.141. The number of hydrogen-bond acceptors (Lipinski definition) is 5. The van der Waals surface area contributed by atoms with Gasteiger partial charge >= 0.3 is 0 Å². The molecule has 1 aliphatic heterocycles. The molecule has 8 heteroatoms. The van der Waals surface area contributed by atoms with Gasteiger partial charge in [-0.25, -0.2) is 0 Å². The van der Waals surface area contributed by atoms with Gasteiger partial charge in [0.1, 0.15) is 17.3 Å². The van der Waals surface area contributed by atoms with Gasteiger partial charge in [-0.3, -0.25) is 9.59 Å². The van der Waals surface area contributed by atoms with Crippen LogP contribution in [0.4, 0.5) is 0 Å². The van der Waals surface area contributed by atoms with Crippen molar-refractivity contribution in [2.45, 2.75) is 44.2 Å². The van der Waals surface area contributed by atoms with E-state index < -0.39 is 23.5 Å². The fourth-order valence-corrected chi connectivity index (χ4v) is 5.23. The molecule has 1 atom stereocenters. The van der Waals surface area contributed by atoms with E-state index in [9.17, 15) is 19.8 Å². The highest BCUT2D eigenvalue weighted by atomic mass is 35.5. The third-order valence-corrected chi connectivity index (χ3v) is 6.62. The normalized spacial score (nSPS) is 21.2. The molecule has 2 fully saturated rings. The average Bonchev–Trinajstić information content (AvgIpc) is 3.04. The topological polar surface area (TPSA) is 87.1 Å². The average molecular weight is 476 g/mol. The maximum absolute atomic E-state index is 13.2. The Bertz CT molecular complexity index is 1090. The zero-order valence-electron chi connectivity index (χ0n) is 17.5. The van der Waals surface area contributed by atoms with Crippen molar-refractivity contribution in [1.29, 1.82) is 0 Å². The smallest absolute Gasteiger partial charge is 0.295 e. The van der Waals surface area contributed by atoms with Crippen molar-refractivity contribution in [1.82, 2.24) is 4.90 Å². The monoisotopic (exact) mass is 475 g/mol. The Morgan fingerprint density at radius 1 is 1.06 bits per heavy atom. The summed E-state index contributed by atoms with van der Waals surface area (Å²) in [7, 11) is 1.39. The summed E-state index contributed by atoms with van der Waals surface area (Å²) in [5.41, 5.74) is 0.694. The van der Waals surface area contributed by atoms with Crippen LogP contribution in [0.3, 0.4) is 0 Å². The van der Waals surface area contributed by atoms with Gasteiger partial charge in [-0.05, 0) is 42.7 Å². The number of likely N-dealkylation sites (tertiary alicyclic amines) is 1. The van der Waals surface area contributed by atoms with Crippen LogP contribution in [0.15, 0.2) is 42.0 Å². The lowest BCUT2D eigenvalue weighted by Gasteiger charge is -2.35. The molecule has 32 heavy (non-hydrogen) atoms. The summed E-state index contributed by atoms with van der Waals surface area (Å²) in [6, 6.07) is 8.28. The second-order valence-corrected chi connectivity index (χ2v) is 8.90. The number of halogens is 2. The fourth-order valence-electron chi connectivity index (χ4n) is 4.66. The molecule has 1 aliphatic carbocycles. The quantitative estimate of drug-likeness (QED) is 0.348. The zero-order valence-corrected chi connectivity index (χ0v) is 19.0. The van der Waals surface area contributed by atoms with Gasteiger partial charge in [-0.2, -0.15) is 0 Å². The van der Waals surface area contributed by atoms with E-state index in [0.29, 0.717) is 5.56 Å². The minimum atomic E-state index is -0.804. The van der Waals surface area contributed by atoms with Crippen molar-refractivity contribution >= 4 is 40.7 Å². The SMILES string of the molecule is COc1c(Cl)cc(Cl)cc1/C(O)=C1\C(=O)C(=O)N(C2CCCCC2)C1c1ccc(O)cc1. The number of carbonyl (C=O) groups excluding carboxylic acids is 2. The zero-order chi connectivity index (χ0) is 23.0. The summed E-state index contributed by atoms with van der Waals surface area (Å²) in [6.07, 6.45) is 4.59. The second-order valence-electron chi connectivity index (χ2n) is 8.06. The number of aliphatic hydroxyl groups excluding tert-OH is 1. The van der Waals surface area contributed by atoms with Crippen molar-refractivity contribution in [3.63, 3.8) is 0 Å². The predicted molar refractivity (Wildman–Crippen MR) is 122 cm³/mol. The third-order valence-electron chi connectivity index (χ3n) is 6.12. The number of benzene rings is 2. The highest BCUT2D eigenvalue weighted by Gasteiger charge is 2.49. The summed E-state index contributed by atoms with van der Waals surface area (Å²) >= 11 is 12.4. The van der Waals surface area contributed by atoms with E-state index in [2.05, 4.69) is 0 Å². The first-order valence-corrected chi connectivity index (χ1v) is 11.2. The molecule has 2 aliphatic rings. The van der Waals surface area contributed by atoms with Crippen LogP contribution in [0, 0.1) is 0 Å². The largest absolute Gasteiger partial charge is 0.508 e. The van der Waals surface area contributed by atoms with Crippen molar-refractivity contribution in [2.75, 3.05) is 7.11 Å². The number of phenols is 1. The molecule has 0 radical (unpaired) electrons. The number of Topliss-reactive ketones (excluding diaryl/α,β-unsaturated/α-hetero) is 1. The summed E-state index contributed by atoms with van der Waals surface area (Å²) in [6.45, 7) is 0. The number of nitrogens with zero attached hydrogens (tertiary/aromatic N) is 1. The molecule has 1 heterocycles. The third kappa shape index (κ3) is 3.93. The minimum absolute atomic E-state index is 0.0529. The molecule has 0 aromatic heterocycles. The summed E-state index contributed by atoms with van der Waals surface area (Å²) < 4.78 is 5.35. The standard InChI is InChI=1S/C24H23Cl2NO5/c1-32-23-17(11-14(25)12-18(23)26)21(29)19-20(13-7-9-16(28)10-8-13)27(24(31)22(19)30)15-5-3-2-4-6-15/h7-12,15,20,28-29H,2-6H2,1H3/b21-19+. The number of ketones is 1. The lowest BCUT2D eigenvalue weighted by atomic mass is 9.91. The molecular formula is C24H23Cl2NO5. The number of hydrogen-bond donors (Lipinski definition) is 2. The second kappa shape index (κ2) is 9.04. The van der Waals surface area contributed by atoms with Crippen LogP contribution in [0.2, 0.25) is 10.0 Å². The molecule has 168 valence electrons. The number of phenolic OH excluding ortho intramolecular Hbond substituents is 1. The lowest BCUT2D eigenvalue weighted by Crippen LogP contribution is -2.40. The van der Waals surface area contributed by atoms with Crippen molar-refractivity contribution in [3.8, 4) is 11.5 Å². The molecule has 0 spiro atoms. The van der Waals surface area contributed by atoms with Gasteiger partial charge in [0, 0.05) is 11.1 Å². The Labute approximate surface area is 196 Å². The minimum Gasteiger partial charge on any atom is -0.508 e. The van der Waals surface area contributed by atoms with Crippen molar-refractivity contribution in [3.05, 3.63) is 63.1 Å². The van der Waals surface area contributed by atoms with Crippen LogP contribution in [0.1, 0.15) is 49.3 Å². The molecule has 1 amide bonds. The summed E-state index contributed by atoms with van der Waals surface area (Å²) in [5, 5.41) is 21.5. The fraction of sp³-hybridized carbons (Fsp3) is 0.333. The molecule has 6 nitrogen and oxygen atoms in total. The van der Waals surface area contributed by atoms with Gasteiger partial charge in [0.15, 0.2) is 0 Å². The van der Waals surface area contributed by atoms with Crippen LogP contribution in [0.25, 0.3) is 5.76 Å². The van der Waals surface area contributed by atoms with E-state index in [1.54, 1.807) is 17.0 Å². The van der Waals surface area contributed by atoms with Gasteiger partial charge in [0.25, 0.3) is 11.7 Å². The Morgan fingerprint density at radius 2 is 1.72 bits per heavy atom. The summed E-state index contributed by atoms with van der Waals surface area (Å²) in [5.74, 6) is -1.61. The summed E-state index contributed by atoms with van der Waals surface area (Å²) in [4.78, 5) is 28.0. The highest BCUT2D eigenvalue weighted by Crippen LogP contribution is 2.45. The Kier molecular flexibility index (Phi) is 6.35. The molecule has 1 unspecified atom stereocenters. The van der Waals surface area contributed by atoms with Crippen molar-refractivity contribution < 1.29 is 24.5 Å². The van der Waals surface area contributed by atoms with E-state index in [4.69, 9.17) is 27.9 Å². The molecular weight excluding hydrogens is 453 g/mol. The number of carbonyl (C=O) groups is 2. The molecule has 0 bridgehead atoms. The van der Waals surface area contributed by atoms with Gasteiger partial charge in [-0.15, -0.1) is 0 Å². The first kappa shape index (κ1) is 22.5. The van der Waals surface area contributed by atoms with Gasteiger partial charge in [0.05, 0.1) is 29.3 Å². The van der Waals surface area contributed by atoms with Crippen molar-refractivity contribution in [2.24, 2.45) is 0 Å². The number of aliphatic hydroxyl groups is 1. The van der Waals surface area contributed by atoms with E-state index in [1.165, 1.54) is 31.4 Å². The van der Waals surface area contributed by atoms with Gasteiger partial charge < -0.3 is 19.8 Å². The van der Waals surface area contributed by atoms with Gasteiger partial charge in [-0.1, -0.05) is 54.6 Å². The van der Waals surface area contributed by atoms with E-state index in [1.807, 2.05) is 0 Å². The van der Waals surface area contributed by atoms with E-state index in [0.717, 1.165) is 32.1 Å². The van der Waals surface area contributed by atoms with E-state index >= 15 is 0 Å². The van der Waals surface area contributed by atoms with E-state index in [-0.39, 0.29) is 38.7 Å².